The van der Waals surface area contributed by atoms with Crippen LogP contribution in [0.5, 0.6) is 11.5 Å². The number of aromatic nitrogens is 1. The Morgan fingerprint density at radius 3 is 2.51 bits per heavy atom. The van der Waals surface area contributed by atoms with Gasteiger partial charge in [-0.15, -0.1) is 11.3 Å². The number of hydrogen-bond acceptors (Lipinski definition) is 7. The Hall–Kier alpha value is -3.25. The van der Waals surface area contributed by atoms with Crippen molar-refractivity contribution < 1.29 is 36.9 Å². The minimum atomic E-state index is -4.37. The average molecular weight is 553 g/mol. The summed E-state index contributed by atoms with van der Waals surface area (Å²) in [5.74, 6) is -4.21. The Balaban J connectivity index is 1.60. The molecule has 8 nitrogen and oxygen atoms in total. The van der Waals surface area contributed by atoms with Gasteiger partial charge in [-0.25, -0.2) is 18.6 Å². The van der Waals surface area contributed by atoms with Crippen LogP contribution in [0.3, 0.4) is 0 Å². The van der Waals surface area contributed by atoms with E-state index in [9.17, 15) is 22.7 Å². The number of rotatable bonds is 7. The van der Waals surface area contributed by atoms with Crippen LogP contribution in [0.25, 0.3) is 10.6 Å². The van der Waals surface area contributed by atoms with Crippen molar-refractivity contribution >= 4 is 33.0 Å². The zero-order valence-electron chi connectivity index (χ0n) is 20.3. The number of anilines is 1. The fourth-order valence-corrected chi connectivity index (χ4v) is 6.63. The van der Waals surface area contributed by atoms with E-state index in [2.05, 4.69) is 23.6 Å². The summed E-state index contributed by atoms with van der Waals surface area (Å²) < 4.78 is 62.3. The van der Waals surface area contributed by atoms with E-state index in [0.717, 1.165) is 43.1 Å². The molecular formula is C25H26F2N2O6S2. The van der Waals surface area contributed by atoms with E-state index in [0.29, 0.717) is 11.6 Å². The third-order valence-corrected chi connectivity index (χ3v) is 8.95. The molecule has 1 heterocycles. The van der Waals surface area contributed by atoms with Gasteiger partial charge in [0.15, 0.2) is 16.6 Å². The quantitative estimate of drug-likeness (QED) is 0.329. The first-order valence-corrected chi connectivity index (χ1v) is 13.8. The molecule has 0 atom stereocenters. The summed E-state index contributed by atoms with van der Waals surface area (Å²) in [6, 6.07) is 4.68. The number of carboxylic acids is 1. The predicted octanol–water partition coefficient (Wildman–Crippen LogP) is 5.99. The Morgan fingerprint density at radius 1 is 1.22 bits per heavy atom. The van der Waals surface area contributed by atoms with Gasteiger partial charge in [0.1, 0.15) is 16.6 Å². The standard InChI is InChI=1S/C25H26F2N2O6S2/c1-25(2)8-6-13(7-9-25)14-4-5-15(21(27)22(14)30)23-28-20(12-36-23)37(33,34)29-18-11-17(26)16(24(31)32)10-19(18)35-3/h4-5,10-13,29-30H,6-9H2,1-3H3,(H,31,32). The number of halogens is 2. The summed E-state index contributed by atoms with van der Waals surface area (Å²) in [5.41, 5.74) is -0.315. The molecule has 1 saturated carbocycles. The van der Waals surface area contributed by atoms with Crippen molar-refractivity contribution in [3.8, 4) is 22.1 Å². The summed E-state index contributed by atoms with van der Waals surface area (Å²) in [5, 5.41) is 20.4. The van der Waals surface area contributed by atoms with Crippen molar-refractivity contribution in [2.75, 3.05) is 11.8 Å². The van der Waals surface area contributed by atoms with Crippen molar-refractivity contribution in [1.82, 2.24) is 4.98 Å². The van der Waals surface area contributed by atoms with Crippen LogP contribution in [0.1, 0.15) is 61.4 Å². The molecule has 1 fully saturated rings. The maximum Gasteiger partial charge on any atom is 0.338 e. The third kappa shape index (κ3) is 5.40. The fraction of sp³-hybridized carbons (Fsp3) is 0.360. The number of aromatic carboxylic acids is 1. The molecule has 3 aromatic rings. The lowest BCUT2D eigenvalue weighted by atomic mass is 9.71. The molecule has 198 valence electrons. The lowest BCUT2D eigenvalue weighted by Gasteiger charge is -2.34. The van der Waals surface area contributed by atoms with Gasteiger partial charge in [-0.1, -0.05) is 19.9 Å². The number of thiazole rings is 1. The number of carboxylic acid groups (broad SMARTS) is 1. The van der Waals surface area contributed by atoms with Crippen molar-refractivity contribution in [2.24, 2.45) is 5.41 Å². The van der Waals surface area contributed by atoms with Crippen LogP contribution in [0.4, 0.5) is 14.5 Å². The van der Waals surface area contributed by atoms with Crippen LogP contribution in [0, 0.1) is 17.0 Å². The van der Waals surface area contributed by atoms with Crippen molar-refractivity contribution in [3.05, 3.63) is 52.4 Å². The molecule has 1 aliphatic rings. The molecule has 0 saturated heterocycles. The van der Waals surface area contributed by atoms with Crippen LogP contribution < -0.4 is 9.46 Å². The number of sulfonamides is 1. The first-order chi connectivity index (χ1) is 17.3. The maximum absolute atomic E-state index is 15.2. The van der Waals surface area contributed by atoms with E-state index in [1.165, 1.54) is 18.6 Å². The molecule has 0 aliphatic heterocycles. The van der Waals surface area contributed by atoms with Gasteiger partial charge in [-0.05, 0) is 49.1 Å². The Labute approximate surface area is 217 Å². The van der Waals surface area contributed by atoms with E-state index in [-0.39, 0.29) is 33.3 Å². The molecule has 0 unspecified atom stereocenters. The highest BCUT2D eigenvalue weighted by Gasteiger charge is 2.31. The van der Waals surface area contributed by atoms with Crippen LogP contribution in [-0.4, -0.2) is 36.7 Å². The maximum atomic E-state index is 15.2. The predicted molar refractivity (Wildman–Crippen MR) is 135 cm³/mol. The second-order valence-corrected chi connectivity index (χ2v) is 12.2. The van der Waals surface area contributed by atoms with E-state index < -0.39 is 44.0 Å². The minimum absolute atomic E-state index is 0.0314. The molecule has 1 aromatic heterocycles. The molecule has 0 radical (unpaired) electrons. The first-order valence-electron chi connectivity index (χ1n) is 11.4. The Kier molecular flexibility index (Phi) is 7.17. The van der Waals surface area contributed by atoms with Gasteiger partial charge >= 0.3 is 5.97 Å². The number of benzene rings is 2. The lowest BCUT2D eigenvalue weighted by Crippen LogP contribution is -2.20. The number of nitrogens with zero attached hydrogens (tertiary/aromatic N) is 1. The second-order valence-electron chi connectivity index (χ2n) is 9.74. The van der Waals surface area contributed by atoms with Crippen molar-refractivity contribution in [3.63, 3.8) is 0 Å². The van der Waals surface area contributed by atoms with E-state index in [4.69, 9.17) is 9.84 Å². The molecule has 0 bridgehead atoms. The molecular weight excluding hydrogens is 526 g/mol. The van der Waals surface area contributed by atoms with Gasteiger partial charge in [0.2, 0.25) is 0 Å². The summed E-state index contributed by atoms with van der Waals surface area (Å²) in [6.07, 6.45) is 3.61. The average Bonchev–Trinajstić information content (AvgIpc) is 3.32. The number of phenols is 1. The monoisotopic (exact) mass is 552 g/mol. The zero-order chi connectivity index (χ0) is 27.1. The first kappa shape index (κ1) is 26.8. The van der Waals surface area contributed by atoms with Gasteiger partial charge in [0, 0.05) is 17.0 Å². The molecule has 1 aliphatic carbocycles. The number of hydrogen-bond donors (Lipinski definition) is 3. The normalized spacial score (nSPS) is 15.9. The van der Waals surface area contributed by atoms with Gasteiger partial charge in [0.05, 0.1) is 23.9 Å². The molecule has 37 heavy (non-hydrogen) atoms. The number of phenolic OH excluding ortho intramolecular Hbond substituents is 1. The second kappa shape index (κ2) is 9.90. The fourth-order valence-electron chi connectivity index (χ4n) is 4.45. The van der Waals surface area contributed by atoms with Crippen molar-refractivity contribution in [1.29, 1.82) is 0 Å². The van der Waals surface area contributed by atoms with Gasteiger partial charge in [-0.2, -0.15) is 8.42 Å². The van der Waals surface area contributed by atoms with Crippen molar-refractivity contribution in [2.45, 2.75) is 50.5 Å². The van der Waals surface area contributed by atoms with E-state index >= 15 is 4.39 Å². The number of nitrogens with one attached hydrogen (secondary N) is 1. The van der Waals surface area contributed by atoms with Gasteiger partial charge in [0.25, 0.3) is 10.0 Å². The van der Waals surface area contributed by atoms with E-state index in [1.807, 2.05) is 0 Å². The number of ether oxygens (including phenoxy) is 1. The molecule has 2 aromatic carbocycles. The summed E-state index contributed by atoms with van der Waals surface area (Å²) in [7, 11) is -3.20. The summed E-state index contributed by atoms with van der Waals surface area (Å²) in [6.45, 7) is 4.38. The van der Waals surface area contributed by atoms with Gasteiger partial charge in [-0.3, -0.25) is 4.72 Å². The van der Waals surface area contributed by atoms with Gasteiger partial charge < -0.3 is 14.9 Å². The minimum Gasteiger partial charge on any atom is -0.505 e. The highest BCUT2D eigenvalue weighted by Crippen LogP contribution is 2.46. The lowest BCUT2D eigenvalue weighted by molar-refractivity contribution is 0.0691. The van der Waals surface area contributed by atoms with E-state index in [1.54, 1.807) is 6.07 Å². The molecule has 4 rings (SSSR count). The number of carbonyl (C=O) groups is 1. The Morgan fingerprint density at radius 2 is 1.89 bits per heavy atom. The van der Waals surface area contributed by atoms with Crippen LogP contribution in [0.15, 0.2) is 34.7 Å². The van der Waals surface area contributed by atoms with Crippen LogP contribution >= 0.6 is 11.3 Å². The smallest absolute Gasteiger partial charge is 0.338 e. The number of aromatic hydroxyl groups is 1. The highest BCUT2D eigenvalue weighted by atomic mass is 32.2. The Bertz CT molecular complexity index is 1460. The topological polar surface area (TPSA) is 126 Å². The third-order valence-electron chi connectivity index (χ3n) is 6.68. The highest BCUT2D eigenvalue weighted by molar-refractivity contribution is 7.92. The SMILES string of the molecule is COc1cc(C(=O)O)c(F)cc1NS(=O)(=O)c1csc(-c2ccc(C3CCC(C)(C)CC3)c(O)c2F)n1. The zero-order valence-corrected chi connectivity index (χ0v) is 22.0. The molecule has 12 heteroatoms. The van der Waals surface area contributed by atoms with Crippen LogP contribution in [-0.2, 0) is 10.0 Å². The van der Waals surface area contributed by atoms with Crippen LogP contribution in [0.2, 0.25) is 0 Å². The summed E-state index contributed by atoms with van der Waals surface area (Å²) >= 11 is 0.859. The molecule has 0 amide bonds. The largest absolute Gasteiger partial charge is 0.505 e. The molecule has 3 N–H and O–H groups in total. The molecule has 0 spiro atoms. The number of methoxy groups -OCH3 is 1. The summed E-state index contributed by atoms with van der Waals surface area (Å²) in [4.78, 5) is 15.2.